The summed E-state index contributed by atoms with van der Waals surface area (Å²) in [4.78, 5) is 41.3. The van der Waals surface area contributed by atoms with Crippen molar-refractivity contribution in [3.05, 3.63) is 95.6 Å². The van der Waals surface area contributed by atoms with Gasteiger partial charge in [-0.2, -0.15) is 0 Å². The average Bonchev–Trinajstić information content (AvgIpc) is 3.31. The van der Waals surface area contributed by atoms with Gasteiger partial charge in [0.05, 0.1) is 6.61 Å². The lowest BCUT2D eigenvalue weighted by Gasteiger charge is -2.41. The summed E-state index contributed by atoms with van der Waals surface area (Å²) < 4.78 is 10.9. The van der Waals surface area contributed by atoms with E-state index in [0.717, 1.165) is 27.8 Å². The smallest absolute Gasteiger partial charge is 0.408 e. The predicted octanol–water partition coefficient (Wildman–Crippen LogP) is 4.17. The Morgan fingerprint density at radius 1 is 0.929 bits per heavy atom. The maximum atomic E-state index is 13.6. The van der Waals surface area contributed by atoms with Crippen LogP contribution in [0.15, 0.2) is 78.9 Å². The molecule has 9 heteroatoms. The van der Waals surface area contributed by atoms with E-state index < -0.39 is 29.0 Å². The summed E-state index contributed by atoms with van der Waals surface area (Å²) in [6.45, 7) is 3.13. The molecule has 5 rings (SSSR count). The molecule has 0 aromatic heterocycles. The average molecular weight is 572 g/mol. The summed E-state index contributed by atoms with van der Waals surface area (Å²) in [6.07, 6.45) is -0.322. The molecule has 1 aliphatic heterocycles. The number of benzene rings is 3. The standard InChI is InChI=1S/C33H37N3O6/c1-32(22-41-2,29(37)34-33(30(38)39)16-18-36(19-17-33)20-23-10-4-3-5-11-23)35-31(40)42-21-28-26-14-8-6-12-24(26)25-13-7-9-15-27(25)28/h3-15,28H,16-22H2,1-2H3,(H,34,37)(H,35,40)(H,38,39). The summed E-state index contributed by atoms with van der Waals surface area (Å²) in [5.74, 6) is -1.88. The SMILES string of the molecule is COCC(C)(NC(=O)OCC1c2ccccc2-c2ccccc21)C(=O)NC1(C(=O)O)CCN(Cc2ccccc2)CC1. The normalized spacial score (nSPS) is 17.4. The van der Waals surface area contributed by atoms with Crippen LogP contribution in [0.3, 0.4) is 0 Å². The molecule has 0 saturated carbocycles. The fourth-order valence-electron chi connectivity index (χ4n) is 5.99. The number of carbonyl (C=O) groups is 3. The van der Waals surface area contributed by atoms with Crippen LogP contribution in [0.25, 0.3) is 11.1 Å². The third kappa shape index (κ3) is 6.03. The molecule has 9 nitrogen and oxygen atoms in total. The van der Waals surface area contributed by atoms with Crippen LogP contribution in [0.1, 0.15) is 42.4 Å². The molecule has 1 saturated heterocycles. The Bertz CT molecular complexity index is 1390. The van der Waals surface area contributed by atoms with Crippen molar-refractivity contribution in [2.45, 2.75) is 43.3 Å². The van der Waals surface area contributed by atoms with Crippen molar-refractivity contribution in [1.82, 2.24) is 15.5 Å². The summed E-state index contributed by atoms with van der Waals surface area (Å²) >= 11 is 0. The lowest BCUT2D eigenvalue weighted by molar-refractivity contribution is -0.151. The highest BCUT2D eigenvalue weighted by Crippen LogP contribution is 2.44. The first-order valence-electron chi connectivity index (χ1n) is 14.2. The van der Waals surface area contributed by atoms with Gasteiger partial charge in [-0.1, -0.05) is 78.9 Å². The van der Waals surface area contributed by atoms with Crippen LogP contribution in [0.5, 0.6) is 0 Å². The Labute approximate surface area is 245 Å². The molecule has 2 amide bonds. The number of piperidine rings is 1. The molecule has 1 fully saturated rings. The van der Waals surface area contributed by atoms with E-state index in [4.69, 9.17) is 9.47 Å². The van der Waals surface area contributed by atoms with Crippen molar-refractivity contribution >= 4 is 18.0 Å². The van der Waals surface area contributed by atoms with Crippen LogP contribution < -0.4 is 10.6 Å². The van der Waals surface area contributed by atoms with Gasteiger partial charge >= 0.3 is 12.1 Å². The lowest BCUT2D eigenvalue weighted by atomic mass is 9.86. The number of nitrogens with zero attached hydrogens (tertiary/aromatic N) is 1. The van der Waals surface area contributed by atoms with Crippen molar-refractivity contribution in [2.75, 3.05) is 33.4 Å². The van der Waals surface area contributed by atoms with Crippen LogP contribution >= 0.6 is 0 Å². The third-order valence-corrected chi connectivity index (χ3v) is 8.38. The van der Waals surface area contributed by atoms with Gasteiger partial charge < -0.3 is 25.2 Å². The second-order valence-corrected chi connectivity index (χ2v) is 11.3. The van der Waals surface area contributed by atoms with Crippen molar-refractivity contribution in [2.24, 2.45) is 0 Å². The minimum atomic E-state index is -1.55. The summed E-state index contributed by atoms with van der Waals surface area (Å²) in [5, 5.41) is 15.6. The minimum absolute atomic E-state index is 0.0842. The second kappa shape index (κ2) is 12.3. The number of likely N-dealkylation sites (tertiary alicyclic amines) is 1. The van der Waals surface area contributed by atoms with Gasteiger partial charge in [-0.3, -0.25) is 9.69 Å². The Morgan fingerprint density at radius 3 is 2.07 bits per heavy atom. The van der Waals surface area contributed by atoms with Crippen LogP contribution in [0, 0.1) is 0 Å². The van der Waals surface area contributed by atoms with E-state index in [2.05, 4.69) is 27.7 Å². The number of hydrogen-bond acceptors (Lipinski definition) is 6. The van der Waals surface area contributed by atoms with E-state index >= 15 is 0 Å². The predicted molar refractivity (Wildman–Crippen MR) is 158 cm³/mol. The Morgan fingerprint density at radius 2 is 1.50 bits per heavy atom. The van der Waals surface area contributed by atoms with Gasteiger partial charge in [0.2, 0.25) is 5.91 Å². The highest BCUT2D eigenvalue weighted by molar-refractivity contribution is 5.94. The van der Waals surface area contributed by atoms with E-state index in [-0.39, 0.29) is 32.0 Å². The third-order valence-electron chi connectivity index (χ3n) is 8.38. The monoisotopic (exact) mass is 571 g/mol. The highest BCUT2D eigenvalue weighted by atomic mass is 16.5. The molecule has 42 heavy (non-hydrogen) atoms. The van der Waals surface area contributed by atoms with E-state index in [1.807, 2.05) is 66.7 Å². The first-order chi connectivity index (χ1) is 20.2. The number of carboxylic acid groups (broad SMARTS) is 1. The van der Waals surface area contributed by atoms with Gasteiger partial charge in [-0.15, -0.1) is 0 Å². The number of ether oxygens (including phenoxy) is 2. The minimum Gasteiger partial charge on any atom is -0.480 e. The zero-order chi connectivity index (χ0) is 29.7. The summed E-state index contributed by atoms with van der Waals surface area (Å²) in [5.41, 5.74) is 2.50. The quantitative estimate of drug-likeness (QED) is 0.335. The fraction of sp³-hybridized carbons (Fsp3) is 0.364. The van der Waals surface area contributed by atoms with Gasteiger partial charge in [0.1, 0.15) is 17.7 Å². The molecule has 3 aromatic rings. The van der Waals surface area contributed by atoms with E-state index in [9.17, 15) is 19.5 Å². The van der Waals surface area contributed by atoms with Crippen molar-refractivity contribution in [3.63, 3.8) is 0 Å². The molecule has 3 aromatic carbocycles. The molecule has 0 spiro atoms. The molecule has 2 aliphatic rings. The Hall–Kier alpha value is -4.21. The number of alkyl carbamates (subject to hydrolysis) is 1. The fourth-order valence-corrected chi connectivity index (χ4v) is 5.99. The molecule has 220 valence electrons. The van der Waals surface area contributed by atoms with Crippen molar-refractivity contribution < 1.29 is 29.0 Å². The molecular formula is C33H37N3O6. The molecule has 3 N–H and O–H groups in total. The van der Waals surface area contributed by atoms with E-state index in [0.29, 0.717) is 19.6 Å². The van der Waals surface area contributed by atoms with Crippen LogP contribution in [0.4, 0.5) is 4.79 Å². The highest BCUT2D eigenvalue weighted by Gasteiger charge is 2.47. The molecule has 0 bridgehead atoms. The first kappa shape index (κ1) is 29.3. The van der Waals surface area contributed by atoms with E-state index in [1.165, 1.54) is 14.0 Å². The second-order valence-electron chi connectivity index (χ2n) is 11.3. The van der Waals surface area contributed by atoms with Gasteiger partial charge in [-0.25, -0.2) is 9.59 Å². The van der Waals surface area contributed by atoms with E-state index in [1.54, 1.807) is 0 Å². The van der Waals surface area contributed by atoms with Crippen molar-refractivity contribution in [1.29, 1.82) is 0 Å². The van der Waals surface area contributed by atoms with Gasteiger partial charge in [0, 0.05) is 32.7 Å². The van der Waals surface area contributed by atoms with Gasteiger partial charge in [0.25, 0.3) is 0 Å². The number of amides is 2. The number of aliphatic carboxylic acids is 1. The van der Waals surface area contributed by atoms with Crippen molar-refractivity contribution in [3.8, 4) is 11.1 Å². The number of carbonyl (C=O) groups excluding carboxylic acids is 2. The molecule has 0 radical (unpaired) electrons. The number of carboxylic acids is 1. The molecule has 1 aliphatic carbocycles. The van der Waals surface area contributed by atoms with Crippen LogP contribution in [-0.2, 0) is 25.6 Å². The van der Waals surface area contributed by atoms with Crippen LogP contribution in [0.2, 0.25) is 0 Å². The summed E-state index contributed by atoms with van der Waals surface area (Å²) in [6, 6.07) is 26.0. The van der Waals surface area contributed by atoms with Crippen LogP contribution in [-0.4, -0.2) is 72.5 Å². The number of hydrogen-bond donors (Lipinski definition) is 3. The molecule has 1 heterocycles. The molecule has 1 atom stereocenters. The first-order valence-corrected chi connectivity index (χ1v) is 14.2. The lowest BCUT2D eigenvalue weighted by Crippen LogP contribution is -2.67. The number of methoxy groups -OCH3 is 1. The van der Waals surface area contributed by atoms with Gasteiger partial charge in [-0.05, 0) is 47.6 Å². The summed E-state index contributed by atoms with van der Waals surface area (Å²) in [7, 11) is 1.42. The Kier molecular flexibility index (Phi) is 8.61. The van der Waals surface area contributed by atoms with Gasteiger partial charge in [0.15, 0.2) is 0 Å². The topological polar surface area (TPSA) is 117 Å². The molecular weight excluding hydrogens is 534 g/mol. The zero-order valence-electron chi connectivity index (χ0n) is 24.0. The number of nitrogens with one attached hydrogen (secondary N) is 2. The molecule has 1 unspecified atom stereocenters. The number of rotatable bonds is 10. The Balaban J connectivity index is 1.23. The zero-order valence-corrected chi connectivity index (χ0v) is 24.0. The largest absolute Gasteiger partial charge is 0.480 e. The maximum absolute atomic E-state index is 13.6. The number of fused-ring (bicyclic) bond motifs is 3. The maximum Gasteiger partial charge on any atom is 0.408 e.